The van der Waals surface area contributed by atoms with E-state index in [1.54, 1.807) is 19.2 Å². The summed E-state index contributed by atoms with van der Waals surface area (Å²) in [6, 6.07) is 11.2. The van der Waals surface area contributed by atoms with Crippen molar-refractivity contribution in [3.05, 3.63) is 52.9 Å². The molecular formula is C21H19N3O3S2. The molecule has 1 aliphatic rings. The lowest BCUT2D eigenvalue weighted by atomic mass is 10.1. The third-order valence-corrected chi connectivity index (χ3v) is 6.46. The van der Waals surface area contributed by atoms with Crippen molar-refractivity contribution in [3.8, 4) is 17.0 Å². The number of ether oxygens (including phenoxy) is 1. The second-order valence-electron chi connectivity index (χ2n) is 6.66. The summed E-state index contributed by atoms with van der Waals surface area (Å²) < 4.78 is 5.42. The molecule has 1 aromatic heterocycles. The Kier molecular flexibility index (Phi) is 5.29. The molecule has 0 spiro atoms. The highest BCUT2D eigenvalue weighted by Crippen LogP contribution is 2.36. The lowest BCUT2D eigenvalue weighted by molar-refractivity contribution is -0.115. The summed E-state index contributed by atoms with van der Waals surface area (Å²) in [5, 5.41) is 7.92. The summed E-state index contributed by atoms with van der Waals surface area (Å²) in [5.74, 6) is 0.399. The molecule has 1 aliphatic heterocycles. The highest BCUT2D eigenvalue weighted by molar-refractivity contribution is 8.00. The molecule has 0 bridgehead atoms. The van der Waals surface area contributed by atoms with Crippen molar-refractivity contribution < 1.29 is 14.3 Å². The molecule has 2 heterocycles. The Hall–Kier alpha value is -2.84. The number of amides is 2. The van der Waals surface area contributed by atoms with Crippen LogP contribution in [0.5, 0.6) is 5.75 Å². The van der Waals surface area contributed by atoms with Crippen molar-refractivity contribution in [1.29, 1.82) is 0 Å². The van der Waals surface area contributed by atoms with E-state index in [9.17, 15) is 9.59 Å². The zero-order valence-electron chi connectivity index (χ0n) is 16.1. The normalized spacial score (nSPS) is 15.4. The number of fused-ring (bicyclic) bond motifs is 1. The summed E-state index contributed by atoms with van der Waals surface area (Å²) in [5.41, 5.74) is 3.85. The number of hydrogen-bond acceptors (Lipinski definition) is 6. The van der Waals surface area contributed by atoms with E-state index < -0.39 is 0 Å². The maximum atomic E-state index is 12.7. The number of thioether (sulfide) groups is 1. The minimum Gasteiger partial charge on any atom is -0.496 e. The summed E-state index contributed by atoms with van der Waals surface area (Å²) in [7, 11) is 1.62. The largest absolute Gasteiger partial charge is 0.496 e. The predicted octanol–water partition coefficient (Wildman–Crippen LogP) is 4.81. The number of carbonyl (C=O) groups is 2. The van der Waals surface area contributed by atoms with Gasteiger partial charge in [0.2, 0.25) is 5.91 Å². The first-order valence-electron chi connectivity index (χ1n) is 8.98. The number of nitrogens with one attached hydrogen (secondary N) is 2. The van der Waals surface area contributed by atoms with Gasteiger partial charge in [-0.3, -0.25) is 14.9 Å². The van der Waals surface area contributed by atoms with Crippen LogP contribution in [0.1, 0.15) is 22.8 Å². The van der Waals surface area contributed by atoms with E-state index in [2.05, 4.69) is 15.6 Å². The van der Waals surface area contributed by atoms with Crippen molar-refractivity contribution in [2.75, 3.05) is 17.7 Å². The SMILES string of the molecule is COc1ccc(C)cc1-c1csc(NC(=O)c2ccc3c(c2)NC(=O)C(C)S3)n1. The van der Waals surface area contributed by atoms with Gasteiger partial charge in [0.15, 0.2) is 5.13 Å². The fourth-order valence-electron chi connectivity index (χ4n) is 3.00. The molecule has 3 aromatic rings. The highest BCUT2D eigenvalue weighted by atomic mass is 32.2. The Bertz CT molecular complexity index is 1110. The van der Waals surface area contributed by atoms with E-state index in [1.165, 1.54) is 23.1 Å². The molecule has 0 fully saturated rings. The van der Waals surface area contributed by atoms with Crippen molar-refractivity contribution in [1.82, 2.24) is 4.98 Å². The Morgan fingerprint density at radius 1 is 1.24 bits per heavy atom. The standard InChI is InChI=1S/C21H19N3O3S2/c1-11-4-6-17(27-3)14(8-11)16-10-28-21(23-16)24-20(26)13-5-7-18-15(9-13)22-19(25)12(2)29-18/h4-10,12H,1-3H3,(H,22,25)(H,23,24,26). The molecule has 148 valence electrons. The number of hydrogen-bond donors (Lipinski definition) is 2. The quantitative estimate of drug-likeness (QED) is 0.627. The summed E-state index contributed by atoms with van der Waals surface area (Å²) in [4.78, 5) is 30.1. The van der Waals surface area contributed by atoms with Gasteiger partial charge in [0, 0.05) is 21.4 Å². The number of aryl methyl sites for hydroxylation is 1. The van der Waals surface area contributed by atoms with Crippen LogP contribution in [-0.4, -0.2) is 29.2 Å². The van der Waals surface area contributed by atoms with Crippen LogP contribution < -0.4 is 15.4 Å². The molecule has 1 atom stereocenters. The molecule has 6 nitrogen and oxygen atoms in total. The zero-order valence-corrected chi connectivity index (χ0v) is 17.7. The van der Waals surface area contributed by atoms with Crippen LogP contribution in [0.4, 0.5) is 10.8 Å². The maximum Gasteiger partial charge on any atom is 0.257 e. The molecule has 0 saturated carbocycles. The predicted molar refractivity (Wildman–Crippen MR) is 117 cm³/mol. The van der Waals surface area contributed by atoms with Crippen molar-refractivity contribution in [3.63, 3.8) is 0 Å². The molecule has 8 heteroatoms. The van der Waals surface area contributed by atoms with E-state index in [0.29, 0.717) is 16.4 Å². The third-order valence-electron chi connectivity index (χ3n) is 4.53. The fraction of sp³-hybridized carbons (Fsp3) is 0.190. The summed E-state index contributed by atoms with van der Waals surface area (Å²) >= 11 is 2.83. The molecule has 1 unspecified atom stereocenters. The Labute approximate surface area is 176 Å². The number of methoxy groups -OCH3 is 1. The van der Waals surface area contributed by atoms with Crippen LogP contribution in [0, 0.1) is 6.92 Å². The third kappa shape index (κ3) is 3.99. The van der Waals surface area contributed by atoms with Gasteiger partial charge in [-0.05, 0) is 44.2 Å². The lowest BCUT2D eigenvalue weighted by Gasteiger charge is -2.21. The van der Waals surface area contributed by atoms with Gasteiger partial charge in [0.25, 0.3) is 5.91 Å². The number of aromatic nitrogens is 1. The maximum absolute atomic E-state index is 12.7. The first-order chi connectivity index (χ1) is 13.9. The number of anilines is 2. The first-order valence-corrected chi connectivity index (χ1v) is 10.7. The molecule has 2 aromatic carbocycles. The highest BCUT2D eigenvalue weighted by Gasteiger charge is 2.24. The number of rotatable bonds is 4. The number of nitrogens with zero attached hydrogens (tertiary/aromatic N) is 1. The van der Waals surface area contributed by atoms with Crippen LogP contribution in [-0.2, 0) is 4.79 Å². The van der Waals surface area contributed by atoms with Crippen LogP contribution in [0.3, 0.4) is 0 Å². The van der Waals surface area contributed by atoms with Crippen LogP contribution >= 0.6 is 23.1 Å². The molecule has 4 rings (SSSR count). The average molecular weight is 426 g/mol. The van der Waals surface area contributed by atoms with Gasteiger partial charge in [-0.1, -0.05) is 11.6 Å². The second-order valence-corrected chi connectivity index (χ2v) is 8.90. The van der Waals surface area contributed by atoms with E-state index in [0.717, 1.165) is 27.5 Å². The minimum absolute atomic E-state index is 0.0586. The van der Waals surface area contributed by atoms with Gasteiger partial charge in [-0.25, -0.2) is 4.98 Å². The van der Waals surface area contributed by atoms with E-state index >= 15 is 0 Å². The number of carbonyl (C=O) groups excluding carboxylic acids is 2. The van der Waals surface area contributed by atoms with Gasteiger partial charge in [-0.15, -0.1) is 23.1 Å². The molecular weight excluding hydrogens is 406 g/mol. The monoisotopic (exact) mass is 425 g/mol. The number of benzene rings is 2. The van der Waals surface area contributed by atoms with Crippen LogP contribution in [0.25, 0.3) is 11.3 Å². The first kappa shape index (κ1) is 19.5. The van der Waals surface area contributed by atoms with Crippen LogP contribution in [0.2, 0.25) is 0 Å². The van der Waals surface area contributed by atoms with Crippen molar-refractivity contribution >= 4 is 45.7 Å². The van der Waals surface area contributed by atoms with Gasteiger partial charge in [-0.2, -0.15) is 0 Å². The summed E-state index contributed by atoms with van der Waals surface area (Å²) in [6.45, 7) is 3.86. The summed E-state index contributed by atoms with van der Waals surface area (Å²) in [6.07, 6.45) is 0. The molecule has 0 saturated heterocycles. The zero-order chi connectivity index (χ0) is 20.5. The Morgan fingerprint density at radius 3 is 2.86 bits per heavy atom. The van der Waals surface area contributed by atoms with E-state index in [1.807, 2.05) is 43.5 Å². The van der Waals surface area contributed by atoms with Gasteiger partial charge < -0.3 is 10.1 Å². The smallest absolute Gasteiger partial charge is 0.257 e. The van der Waals surface area contributed by atoms with Crippen molar-refractivity contribution in [2.24, 2.45) is 0 Å². The number of thiazole rings is 1. The molecule has 2 amide bonds. The van der Waals surface area contributed by atoms with Gasteiger partial charge >= 0.3 is 0 Å². The van der Waals surface area contributed by atoms with E-state index in [4.69, 9.17) is 4.74 Å². The molecule has 29 heavy (non-hydrogen) atoms. The average Bonchev–Trinajstić information content (AvgIpc) is 3.16. The lowest BCUT2D eigenvalue weighted by Crippen LogP contribution is -2.26. The molecule has 0 radical (unpaired) electrons. The topological polar surface area (TPSA) is 80.3 Å². The fourth-order valence-corrected chi connectivity index (χ4v) is 4.63. The Balaban J connectivity index is 1.54. The van der Waals surface area contributed by atoms with E-state index in [-0.39, 0.29) is 17.1 Å². The van der Waals surface area contributed by atoms with Crippen molar-refractivity contribution in [2.45, 2.75) is 24.0 Å². The molecule has 2 N–H and O–H groups in total. The minimum atomic E-state index is -0.275. The molecule has 0 aliphatic carbocycles. The van der Waals surface area contributed by atoms with Crippen LogP contribution in [0.15, 0.2) is 46.7 Å². The second kappa shape index (κ2) is 7.88. The Morgan fingerprint density at radius 2 is 2.07 bits per heavy atom. The van der Waals surface area contributed by atoms with Gasteiger partial charge in [0.05, 0.1) is 23.7 Å². The van der Waals surface area contributed by atoms with Gasteiger partial charge in [0.1, 0.15) is 5.75 Å².